The molecule has 1 saturated heterocycles. The number of halogens is 1. The fraction of sp³-hybridized carbons (Fsp3) is 0.423. The number of hydrogen-bond donors (Lipinski definition) is 2. The van der Waals surface area contributed by atoms with Gasteiger partial charge in [-0.3, -0.25) is 4.90 Å². The number of anilines is 2. The van der Waals surface area contributed by atoms with E-state index in [2.05, 4.69) is 24.8 Å². The molecule has 1 aliphatic rings. The number of piperidine rings is 1. The quantitative estimate of drug-likeness (QED) is 0.399. The van der Waals surface area contributed by atoms with Gasteiger partial charge in [0.15, 0.2) is 5.75 Å². The molecule has 0 bridgehead atoms. The van der Waals surface area contributed by atoms with Gasteiger partial charge in [0, 0.05) is 31.6 Å². The number of benzene rings is 1. The fourth-order valence-electron chi connectivity index (χ4n) is 4.52. The van der Waals surface area contributed by atoms with Gasteiger partial charge < -0.3 is 25.1 Å². The molecular weight excluding hydrogens is 491 g/mol. The fourth-order valence-corrected chi connectivity index (χ4v) is 4.52. The molecule has 1 aliphatic heterocycles. The van der Waals surface area contributed by atoms with Gasteiger partial charge in [0.2, 0.25) is 0 Å². The summed E-state index contributed by atoms with van der Waals surface area (Å²) in [7, 11) is 1.54. The molecule has 200 valence electrons. The van der Waals surface area contributed by atoms with Crippen LogP contribution in [0, 0.1) is 12.7 Å². The number of fused-ring (bicyclic) bond motifs is 3. The maximum absolute atomic E-state index is 15.0. The summed E-state index contributed by atoms with van der Waals surface area (Å²) < 4.78 is 26.4. The zero-order chi connectivity index (χ0) is 27.2. The minimum atomic E-state index is -0.712. The van der Waals surface area contributed by atoms with Crippen LogP contribution in [0.25, 0.3) is 21.9 Å². The number of carbonyl (C=O) groups excluding carboxylic acids is 1. The van der Waals surface area contributed by atoms with Crippen LogP contribution in [0.1, 0.15) is 39.4 Å². The van der Waals surface area contributed by atoms with E-state index in [1.807, 2.05) is 0 Å². The van der Waals surface area contributed by atoms with Crippen LogP contribution in [0.2, 0.25) is 0 Å². The normalized spacial score (nSPS) is 16.2. The number of aryl methyl sites for hydroxylation is 1. The molecule has 1 fully saturated rings. The number of rotatable bonds is 4. The molecule has 12 heteroatoms. The number of nitrogens with two attached hydrogens (primary N) is 1. The molecule has 1 unspecified atom stereocenters. The van der Waals surface area contributed by atoms with E-state index in [1.54, 1.807) is 40.1 Å². The number of ether oxygens (including phenoxy) is 2. The molecule has 0 spiro atoms. The van der Waals surface area contributed by atoms with Gasteiger partial charge in [-0.1, -0.05) is 0 Å². The van der Waals surface area contributed by atoms with Gasteiger partial charge in [-0.25, -0.2) is 19.2 Å². The number of hydrogen-bond acceptors (Lipinski definition) is 9. The standard InChI is InChI=1S/C26H31FN8O3/c1-14-29-11-17(12-30-14)37-24-32-22-20(23(33-24)35-8-6-7-16(28)13-35)18-9-15(27)10-19(21(18)31-22)34(5)25(36)38-26(2,3)4/h9-12,16H,6-8,13,28H2,1-5H3,(H,31,32,33). The van der Waals surface area contributed by atoms with Crippen molar-refractivity contribution in [2.45, 2.75) is 52.2 Å². The van der Waals surface area contributed by atoms with E-state index in [1.165, 1.54) is 24.1 Å². The number of aromatic nitrogens is 5. The Kier molecular flexibility index (Phi) is 6.51. The zero-order valence-corrected chi connectivity index (χ0v) is 22.1. The Hall–Kier alpha value is -4.06. The molecule has 11 nitrogen and oxygen atoms in total. The van der Waals surface area contributed by atoms with Crippen LogP contribution in [0.4, 0.5) is 20.7 Å². The predicted molar refractivity (Wildman–Crippen MR) is 142 cm³/mol. The molecular formula is C26H31FN8O3. The van der Waals surface area contributed by atoms with Crippen molar-refractivity contribution in [3.63, 3.8) is 0 Å². The summed E-state index contributed by atoms with van der Waals surface area (Å²) in [6, 6.07) is 2.74. The van der Waals surface area contributed by atoms with Crippen molar-refractivity contribution in [2.75, 3.05) is 29.9 Å². The third-order valence-corrected chi connectivity index (χ3v) is 6.22. The van der Waals surface area contributed by atoms with Gasteiger partial charge in [0.05, 0.1) is 29.0 Å². The van der Waals surface area contributed by atoms with Crippen LogP contribution >= 0.6 is 0 Å². The molecule has 0 radical (unpaired) electrons. The monoisotopic (exact) mass is 522 g/mol. The first-order valence-corrected chi connectivity index (χ1v) is 12.5. The highest BCUT2D eigenvalue weighted by Crippen LogP contribution is 2.39. The second kappa shape index (κ2) is 9.67. The molecule has 4 aromatic rings. The lowest BCUT2D eigenvalue weighted by Crippen LogP contribution is -2.43. The summed E-state index contributed by atoms with van der Waals surface area (Å²) in [6.45, 7) is 8.39. The Morgan fingerprint density at radius 1 is 1.24 bits per heavy atom. The second-order valence-electron chi connectivity index (χ2n) is 10.5. The minimum absolute atomic E-state index is 0.0283. The Morgan fingerprint density at radius 2 is 1.97 bits per heavy atom. The summed E-state index contributed by atoms with van der Waals surface area (Å²) in [5, 5.41) is 1.14. The highest BCUT2D eigenvalue weighted by atomic mass is 19.1. The SMILES string of the molecule is Cc1ncc(Oc2nc(N3CCCC(N)C3)c3c(n2)[nH]c2c(N(C)C(=O)OC(C)(C)C)cc(F)cc23)cn1. The lowest BCUT2D eigenvalue weighted by Gasteiger charge is -2.32. The predicted octanol–water partition coefficient (Wildman–Crippen LogP) is 4.44. The first-order valence-electron chi connectivity index (χ1n) is 12.5. The summed E-state index contributed by atoms with van der Waals surface area (Å²) in [4.78, 5) is 37.1. The highest BCUT2D eigenvalue weighted by molar-refractivity contribution is 6.16. The van der Waals surface area contributed by atoms with Crippen molar-refractivity contribution in [1.29, 1.82) is 0 Å². The molecule has 5 rings (SSSR count). The maximum atomic E-state index is 15.0. The molecule has 1 amide bonds. The summed E-state index contributed by atoms with van der Waals surface area (Å²) in [5.74, 6) is 1.04. The molecule has 1 atom stereocenters. The van der Waals surface area contributed by atoms with Crippen LogP contribution in [0.5, 0.6) is 11.8 Å². The molecule has 38 heavy (non-hydrogen) atoms. The van der Waals surface area contributed by atoms with Crippen LogP contribution in [-0.4, -0.2) is 62.8 Å². The smallest absolute Gasteiger partial charge is 0.414 e. The topological polar surface area (TPSA) is 135 Å². The first kappa shape index (κ1) is 25.6. The van der Waals surface area contributed by atoms with Crippen molar-refractivity contribution in [1.82, 2.24) is 24.9 Å². The van der Waals surface area contributed by atoms with E-state index in [-0.39, 0.29) is 12.1 Å². The zero-order valence-electron chi connectivity index (χ0n) is 22.1. The largest absolute Gasteiger partial charge is 0.443 e. The average Bonchev–Trinajstić information content (AvgIpc) is 3.21. The number of nitrogens with zero attached hydrogens (tertiary/aromatic N) is 6. The van der Waals surface area contributed by atoms with E-state index >= 15 is 0 Å². The third-order valence-electron chi connectivity index (χ3n) is 6.22. The van der Waals surface area contributed by atoms with E-state index in [0.29, 0.717) is 51.6 Å². The molecule has 0 saturated carbocycles. The van der Waals surface area contributed by atoms with E-state index < -0.39 is 17.5 Å². The van der Waals surface area contributed by atoms with Gasteiger partial charge in [0.1, 0.15) is 28.7 Å². The van der Waals surface area contributed by atoms with Gasteiger partial charge in [-0.2, -0.15) is 9.97 Å². The van der Waals surface area contributed by atoms with Crippen LogP contribution < -0.4 is 20.3 Å². The van der Waals surface area contributed by atoms with Crippen LogP contribution in [-0.2, 0) is 4.74 Å². The van der Waals surface area contributed by atoms with Crippen LogP contribution in [0.3, 0.4) is 0 Å². The number of amides is 1. The van der Waals surface area contributed by atoms with Gasteiger partial charge >= 0.3 is 12.1 Å². The van der Waals surface area contributed by atoms with Crippen LogP contribution in [0.15, 0.2) is 24.5 Å². The molecule has 1 aromatic carbocycles. The van der Waals surface area contributed by atoms with Gasteiger partial charge in [-0.15, -0.1) is 0 Å². The lowest BCUT2D eigenvalue weighted by molar-refractivity contribution is 0.0589. The summed E-state index contributed by atoms with van der Waals surface area (Å²) >= 11 is 0. The number of nitrogens with one attached hydrogen (secondary N) is 1. The first-order chi connectivity index (χ1) is 18.0. The van der Waals surface area contributed by atoms with Gasteiger partial charge in [-0.05, 0) is 52.7 Å². The van der Waals surface area contributed by atoms with Crippen molar-refractivity contribution >= 4 is 39.5 Å². The second-order valence-corrected chi connectivity index (χ2v) is 10.5. The molecule has 3 aromatic heterocycles. The molecule has 4 heterocycles. The number of carbonyl (C=O) groups is 1. The Labute approximate surface area is 219 Å². The number of aromatic amines is 1. The van der Waals surface area contributed by atoms with Crippen molar-refractivity contribution in [2.24, 2.45) is 5.73 Å². The summed E-state index contributed by atoms with van der Waals surface area (Å²) in [5.41, 5.74) is 6.82. The van der Waals surface area contributed by atoms with Gasteiger partial charge in [0.25, 0.3) is 0 Å². The highest BCUT2D eigenvalue weighted by Gasteiger charge is 2.27. The summed E-state index contributed by atoms with van der Waals surface area (Å²) in [6.07, 6.45) is 4.27. The van der Waals surface area contributed by atoms with E-state index in [9.17, 15) is 9.18 Å². The number of H-pyrrole nitrogens is 1. The molecule has 3 N–H and O–H groups in total. The Morgan fingerprint density at radius 3 is 2.66 bits per heavy atom. The third kappa shape index (κ3) is 5.17. The van der Waals surface area contributed by atoms with Crippen molar-refractivity contribution < 1.29 is 18.7 Å². The maximum Gasteiger partial charge on any atom is 0.414 e. The Bertz CT molecular complexity index is 1500. The van der Waals surface area contributed by atoms with Crippen molar-refractivity contribution in [3.05, 3.63) is 36.2 Å². The average molecular weight is 523 g/mol. The minimum Gasteiger partial charge on any atom is -0.443 e. The lowest BCUT2D eigenvalue weighted by atomic mass is 10.1. The van der Waals surface area contributed by atoms with E-state index in [0.717, 1.165) is 19.4 Å². The molecule has 0 aliphatic carbocycles. The van der Waals surface area contributed by atoms with E-state index in [4.69, 9.17) is 20.2 Å². The van der Waals surface area contributed by atoms with Crippen molar-refractivity contribution in [3.8, 4) is 11.8 Å². The Balaban J connectivity index is 1.68.